The second kappa shape index (κ2) is 7.44. The van der Waals surface area contributed by atoms with Crippen molar-refractivity contribution in [3.8, 4) is 22.6 Å². The molecule has 0 aliphatic carbocycles. The number of nitrogens with zero attached hydrogens (tertiary/aromatic N) is 1. The van der Waals surface area contributed by atoms with E-state index in [9.17, 15) is 0 Å². The molecule has 0 saturated carbocycles. The lowest BCUT2D eigenvalue weighted by Crippen LogP contribution is -2.35. The third-order valence-corrected chi connectivity index (χ3v) is 4.90. The van der Waals surface area contributed by atoms with E-state index in [0.717, 1.165) is 61.1 Å². The molecular formula is C21H20ClNO2. The molecule has 128 valence electrons. The second-order valence-electron chi connectivity index (χ2n) is 6.17. The summed E-state index contributed by atoms with van der Waals surface area (Å²) in [5, 5.41) is 0.705. The Morgan fingerprint density at radius 1 is 0.800 bits per heavy atom. The average Bonchev–Trinajstić information content (AvgIpc) is 3.01. The summed E-state index contributed by atoms with van der Waals surface area (Å²) in [5.74, 6) is 1.60. The van der Waals surface area contributed by atoms with Crippen LogP contribution in [-0.2, 0) is 11.3 Å². The van der Waals surface area contributed by atoms with Crippen LogP contribution in [0.25, 0.3) is 22.6 Å². The highest BCUT2D eigenvalue weighted by atomic mass is 35.5. The van der Waals surface area contributed by atoms with Gasteiger partial charge in [-0.2, -0.15) is 0 Å². The fourth-order valence-corrected chi connectivity index (χ4v) is 3.46. The van der Waals surface area contributed by atoms with Crippen molar-refractivity contribution < 1.29 is 9.15 Å². The van der Waals surface area contributed by atoms with Crippen LogP contribution in [0, 0.1) is 0 Å². The van der Waals surface area contributed by atoms with Crippen LogP contribution in [0.5, 0.6) is 0 Å². The second-order valence-corrected chi connectivity index (χ2v) is 6.55. The Morgan fingerprint density at radius 3 is 1.96 bits per heavy atom. The van der Waals surface area contributed by atoms with E-state index >= 15 is 0 Å². The summed E-state index contributed by atoms with van der Waals surface area (Å²) in [7, 11) is 0. The Morgan fingerprint density at radius 2 is 1.36 bits per heavy atom. The zero-order valence-electron chi connectivity index (χ0n) is 14.0. The zero-order valence-corrected chi connectivity index (χ0v) is 14.7. The molecule has 1 aromatic heterocycles. The molecule has 2 heterocycles. The SMILES string of the molecule is Clc1c(-c2ccccc2)oc(-c2ccccc2)c1CN1CCOCC1. The number of benzene rings is 2. The van der Waals surface area contributed by atoms with Crippen LogP contribution in [0.2, 0.25) is 5.02 Å². The predicted molar refractivity (Wildman–Crippen MR) is 101 cm³/mol. The van der Waals surface area contributed by atoms with Crippen molar-refractivity contribution in [3.63, 3.8) is 0 Å². The first-order valence-corrected chi connectivity index (χ1v) is 8.93. The first-order chi connectivity index (χ1) is 12.3. The summed E-state index contributed by atoms with van der Waals surface area (Å²) in [6, 6.07) is 20.2. The van der Waals surface area contributed by atoms with Crippen LogP contribution in [0.1, 0.15) is 5.56 Å². The van der Waals surface area contributed by atoms with Gasteiger partial charge in [-0.05, 0) is 0 Å². The molecule has 25 heavy (non-hydrogen) atoms. The Labute approximate surface area is 152 Å². The third kappa shape index (κ3) is 3.49. The van der Waals surface area contributed by atoms with Crippen molar-refractivity contribution >= 4 is 11.6 Å². The minimum atomic E-state index is 0.705. The number of hydrogen-bond acceptors (Lipinski definition) is 3. The smallest absolute Gasteiger partial charge is 0.153 e. The fourth-order valence-electron chi connectivity index (χ4n) is 3.17. The molecule has 3 nitrogen and oxygen atoms in total. The van der Waals surface area contributed by atoms with Gasteiger partial charge in [0.05, 0.1) is 18.2 Å². The molecule has 1 fully saturated rings. The van der Waals surface area contributed by atoms with Gasteiger partial charge in [0.15, 0.2) is 5.76 Å². The minimum Gasteiger partial charge on any atom is -0.454 e. The number of furan rings is 1. The number of hydrogen-bond donors (Lipinski definition) is 0. The minimum absolute atomic E-state index is 0.705. The number of morpholine rings is 1. The van der Waals surface area contributed by atoms with Gasteiger partial charge in [-0.15, -0.1) is 0 Å². The van der Waals surface area contributed by atoms with E-state index in [4.69, 9.17) is 20.8 Å². The molecule has 1 aliphatic rings. The van der Waals surface area contributed by atoms with Gasteiger partial charge in [-0.1, -0.05) is 72.3 Å². The van der Waals surface area contributed by atoms with E-state index in [2.05, 4.69) is 17.0 Å². The summed E-state index contributed by atoms with van der Waals surface area (Å²) in [4.78, 5) is 2.36. The molecule has 3 aromatic rings. The summed E-state index contributed by atoms with van der Waals surface area (Å²) in [6.45, 7) is 4.12. The lowest BCUT2D eigenvalue weighted by molar-refractivity contribution is 0.0342. The highest BCUT2D eigenvalue weighted by molar-refractivity contribution is 6.34. The molecule has 0 spiro atoms. The number of halogens is 1. The number of ether oxygens (including phenoxy) is 1. The first kappa shape index (κ1) is 16.4. The Hall–Kier alpha value is -2.07. The van der Waals surface area contributed by atoms with Crippen molar-refractivity contribution in [2.24, 2.45) is 0 Å². The molecule has 0 radical (unpaired) electrons. The average molecular weight is 354 g/mol. The maximum atomic E-state index is 6.78. The van der Waals surface area contributed by atoms with E-state index in [-0.39, 0.29) is 0 Å². The highest BCUT2D eigenvalue weighted by Gasteiger charge is 2.23. The molecule has 1 aliphatic heterocycles. The van der Waals surface area contributed by atoms with Gasteiger partial charge >= 0.3 is 0 Å². The molecule has 4 rings (SSSR count). The van der Waals surface area contributed by atoms with Crippen molar-refractivity contribution in [3.05, 3.63) is 71.2 Å². The van der Waals surface area contributed by atoms with Gasteiger partial charge in [-0.25, -0.2) is 0 Å². The third-order valence-electron chi connectivity index (χ3n) is 4.50. The molecule has 4 heteroatoms. The van der Waals surface area contributed by atoms with Gasteiger partial charge in [0.25, 0.3) is 0 Å². The van der Waals surface area contributed by atoms with Gasteiger partial charge in [0.2, 0.25) is 0 Å². The van der Waals surface area contributed by atoms with Crippen LogP contribution in [0.3, 0.4) is 0 Å². The normalized spacial score (nSPS) is 15.4. The Bertz CT molecular complexity index is 824. The van der Waals surface area contributed by atoms with E-state index in [1.165, 1.54) is 0 Å². The first-order valence-electron chi connectivity index (χ1n) is 8.55. The van der Waals surface area contributed by atoms with Crippen molar-refractivity contribution in [2.45, 2.75) is 6.54 Å². The monoisotopic (exact) mass is 353 g/mol. The molecular weight excluding hydrogens is 334 g/mol. The maximum absolute atomic E-state index is 6.78. The summed E-state index contributed by atoms with van der Waals surface area (Å²) in [5.41, 5.74) is 3.10. The summed E-state index contributed by atoms with van der Waals surface area (Å²) in [6.07, 6.45) is 0. The lowest BCUT2D eigenvalue weighted by atomic mass is 10.1. The van der Waals surface area contributed by atoms with Gasteiger partial charge in [0.1, 0.15) is 5.76 Å². The van der Waals surface area contributed by atoms with Crippen LogP contribution < -0.4 is 0 Å². The van der Waals surface area contributed by atoms with E-state index in [0.29, 0.717) is 5.02 Å². The molecule has 0 bridgehead atoms. The van der Waals surface area contributed by atoms with E-state index in [1.54, 1.807) is 0 Å². The van der Waals surface area contributed by atoms with Crippen LogP contribution in [0.15, 0.2) is 65.1 Å². The molecule has 0 atom stereocenters. The zero-order chi connectivity index (χ0) is 17.1. The van der Waals surface area contributed by atoms with Gasteiger partial charge < -0.3 is 9.15 Å². The maximum Gasteiger partial charge on any atom is 0.153 e. The standard InChI is InChI=1S/C21H20ClNO2/c22-19-18(15-23-11-13-24-14-12-23)20(16-7-3-1-4-8-16)25-21(19)17-9-5-2-6-10-17/h1-10H,11-15H2. The fraction of sp³-hybridized carbons (Fsp3) is 0.238. The van der Waals surface area contributed by atoms with Crippen LogP contribution >= 0.6 is 11.6 Å². The topological polar surface area (TPSA) is 25.6 Å². The highest BCUT2D eigenvalue weighted by Crippen LogP contribution is 2.41. The quantitative estimate of drug-likeness (QED) is 0.652. The van der Waals surface area contributed by atoms with E-state index in [1.807, 2.05) is 48.5 Å². The summed E-state index contributed by atoms with van der Waals surface area (Å²) < 4.78 is 11.7. The van der Waals surface area contributed by atoms with Crippen molar-refractivity contribution in [1.82, 2.24) is 4.90 Å². The largest absolute Gasteiger partial charge is 0.454 e. The van der Waals surface area contributed by atoms with Gasteiger partial charge in [-0.3, -0.25) is 4.90 Å². The molecule has 2 aromatic carbocycles. The van der Waals surface area contributed by atoms with Gasteiger partial charge in [0, 0.05) is 36.3 Å². The summed E-state index contributed by atoms with van der Waals surface area (Å²) >= 11 is 6.78. The van der Waals surface area contributed by atoms with E-state index < -0.39 is 0 Å². The predicted octanol–water partition coefficient (Wildman–Crippen LogP) is 5.10. The van der Waals surface area contributed by atoms with Crippen molar-refractivity contribution in [1.29, 1.82) is 0 Å². The van der Waals surface area contributed by atoms with Crippen LogP contribution in [-0.4, -0.2) is 31.2 Å². The Balaban J connectivity index is 1.78. The lowest BCUT2D eigenvalue weighted by Gasteiger charge is -2.26. The molecule has 0 unspecified atom stereocenters. The molecule has 1 saturated heterocycles. The van der Waals surface area contributed by atoms with Crippen LogP contribution in [0.4, 0.5) is 0 Å². The van der Waals surface area contributed by atoms with Crippen molar-refractivity contribution in [2.75, 3.05) is 26.3 Å². The Kier molecular flexibility index (Phi) is 4.88. The molecule has 0 amide bonds. The number of rotatable bonds is 4. The molecule has 0 N–H and O–H groups in total.